The van der Waals surface area contributed by atoms with E-state index in [0.717, 1.165) is 24.0 Å². The number of allylic oxidation sites excluding steroid dienone is 2. The number of rotatable bonds is 5. The molecule has 2 fully saturated rings. The molecule has 2 amide bonds. The molecular weight excluding hydrogens is 568 g/mol. The molecule has 4 aliphatic rings. The molecule has 5 rings (SSSR count). The second-order valence-corrected chi connectivity index (χ2v) is 14.6. The van der Waals surface area contributed by atoms with Gasteiger partial charge in [0.25, 0.3) is 0 Å². The first kappa shape index (κ1) is 32.3. The van der Waals surface area contributed by atoms with E-state index in [-0.39, 0.29) is 46.9 Å². The van der Waals surface area contributed by atoms with Gasteiger partial charge >= 0.3 is 12.4 Å². The summed E-state index contributed by atoms with van der Waals surface area (Å²) in [6, 6.07) is 9.93. The molecule has 2 atom stereocenters. The quantitative estimate of drug-likeness (QED) is 0.361. The highest BCUT2D eigenvalue weighted by Gasteiger charge is 2.47. The molecule has 1 aromatic rings. The van der Waals surface area contributed by atoms with Crippen LogP contribution in [0.3, 0.4) is 0 Å². The van der Waals surface area contributed by atoms with Gasteiger partial charge in [-0.05, 0) is 68.6 Å². The lowest BCUT2D eigenvalue weighted by Gasteiger charge is -2.50. The summed E-state index contributed by atoms with van der Waals surface area (Å²) in [6.45, 7) is 15.2. The van der Waals surface area contributed by atoms with Crippen molar-refractivity contribution in [2.75, 3.05) is 32.7 Å². The van der Waals surface area contributed by atoms with Gasteiger partial charge in [0.2, 0.25) is 5.91 Å². The van der Waals surface area contributed by atoms with Crippen LogP contribution in [-0.4, -0.2) is 77.4 Å². The molecule has 3 heterocycles. The van der Waals surface area contributed by atoms with Crippen LogP contribution in [0.1, 0.15) is 85.3 Å². The first-order chi connectivity index (χ1) is 20.6. The summed E-state index contributed by atoms with van der Waals surface area (Å²) in [7, 11) is 0. The fourth-order valence-electron chi connectivity index (χ4n) is 6.78. The molecule has 2 unspecified atom stereocenters. The second-order valence-electron chi connectivity index (χ2n) is 14.6. The van der Waals surface area contributed by atoms with Crippen molar-refractivity contribution in [2.45, 2.75) is 97.6 Å². The topological polar surface area (TPSA) is 71.6 Å². The molecule has 0 spiro atoms. The molecule has 0 bridgehead atoms. The molecular formula is C34H47F2N3O5. The fraction of sp³-hybridized carbons (Fsp3) is 0.647. The lowest BCUT2D eigenvalue weighted by molar-refractivity contribution is -0.336. The average molecular weight is 616 g/mol. The zero-order valence-corrected chi connectivity index (χ0v) is 26.9. The Kier molecular flexibility index (Phi) is 9.04. The van der Waals surface area contributed by atoms with Gasteiger partial charge in [-0.25, -0.2) is 4.79 Å². The molecule has 1 aromatic carbocycles. The highest BCUT2D eigenvalue weighted by Crippen LogP contribution is 2.44. The molecule has 0 N–H and O–H groups in total. The standard InChI is InChI=1S/C34H47F2N3O5/c1-32(2,3)28-22-38(18-19-39(28)29(40)20-23-14-16-37(17-15-23)31(41)44-33(4,5)6)30(24-10-8-7-9-11-24)25-12-13-26-27(21-25)43-34(35,36)42-26/h7-11,21,23,28,30H,12-20,22H2,1-6H3. The predicted molar refractivity (Wildman–Crippen MR) is 162 cm³/mol. The van der Waals surface area contributed by atoms with Crippen molar-refractivity contribution < 1.29 is 32.6 Å². The number of alkyl halides is 2. The van der Waals surface area contributed by atoms with Gasteiger partial charge < -0.3 is 24.0 Å². The van der Waals surface area contributed by atoms with Crippen LogP contribution < -0.4 is 0 Å². The number of ether oxygens (including phenoxy) is 3. The number of benzene rings is 1. The summed E-state index contributed by atoms with van der Waals surface area (Å²) in [5.41, 5.74) is 1.36. The Morgan fingerprint density at radius 2 is 1.66 bits per heavy atom. The van der Waals surface area contributed by atoms with Crippen LogP contribution in [0.4, 0.5) is 13.6 Å². The largest absolute Gasteiger partial charge is 0.585 e. The van der Waals surface area contributed by atoms with Crippen LogP contribution in [0.5, 0.6) is 0 Å². The van der Waals surface area contributed by atoms with Gasteiger partial charge in [0.1, 0.15) is 11.4 Å². The Balaban J connectivity index is 1.29. The number of nitrogens with zero attached hydrogens (tertiary/aromatic N) is 3. The van der Waals surface area contributed by atoms with Gasteiger partial charge in [-0.2, -0.15) is 0 Å². The van der Waals surface area contributed by atoms with Gasteiger partial charge in [-0.1, -0.05) is 51.1 Å². The number of amides is 2. The van der Waals surface area contributed by atoms with Crippen LogP contribution in [0, 0.1) is 11.3 Å². The molecule has 0 aromatic heterocycles. The van der Waals surface area contributed by atoms with Crippen molar-refractivity contribution in [3.05, 3.63) is 59.1 Å². The minimum atomic E-state index is -3.63. The molecule has 242 valence electrons. The number of hydrogen-bond donors (Lipinski definition) is 0. The lowest BCUT2D eigenvalue weighted by atomic mass is 9.82. The summed E-state index contributed by atoms with van der Waals surface area (Å²) < 4.78 is 42.8. The van der Waals surface area contributed by atoms with Crippen molar-refractivity contribution in [3.8, 4) is 0 Å². The summed E-state index contributed by atoms with van der Waals surface area (Å²) in [4.78, 5) is 32.5. The molecule has 1 aliphatic carbocycles. The number of piperidine rings is 1. The van der Waals surface area contributed by atoms with Gasteiger partial charge in [0.15, 0.2) is 5.76 Å². The summed E-state index contributed by atoms with van der Waals surface area (Å²) >= 11 is 0. The van der Waals surface area contributed by atoms with E-state index in [1.165, 1.54) is 0 Å². The maximum Gasteiger partial charge on any atom is 0.585 e. The fourth-order valence-corrected chi connectivity index (χ4v) is 6.78. The summed E-state index contributed by atoms with van der Waals surface area (Å²) in [6.07, 6.45) is 0.757. The van der Waals surface area contributed by atoms with Crippen LogP contribution in [-0.2, 0) is 19.0 Å². The Morgan fingerprint density at radius 1 is 0.977 bits per heavy atom. The monoisotopic (exact) mass is 615 g/mol. The minimum absolute atomic E-state index is 0.0359. The third kappa shape index (κ3) is 7.56. The van der Waals surface area contributed by atoms with Crippen molar-refractivity contribution >= 4 is 12.0 Å². The zero-order chi connectivity index (χ0) is 31.9. The Hall–Kier alpha value is -3.14. The van der Waals surface area contributed by atoms with Gasteiger partial charge in [-0.3, -0.25) is 9.69 Å². The molecule has 8 nitrogen and oxygen atoms in total. The Labute approximate surface area is 260 Å². The average Bonchev–Trinajstić information content (AvgIpc) is 3.26. The number of hydrogen-bond acceptors (Lipinski definition) is 6. The Morgan fingerprint density at radius 3 is 2.30 bits per heavy atom. The van der Waals surface area contributed by atoms with E-state index >= 15 is 0 Å². The first-order valence-electron chi connectivity index (χ1n) is 15.9. The number of halogens is 2. The first-order valence-corrected chi connectivity index (χ1v) is 15.9. The van der Waals surface area contributed by atoms with Gasteiger partial charge in [0.05, 0.1) is 6.04 Å². The molecule has 3 aliphatic heterocycles. The number of likely N-dealkylation sites (tertiary alicyclic amines) is 1. The third-order valence-corrected chi connectivity index (χ3v) is 9.00. The predicted octanol–water partition coefficient (Wildman–Crippen LogP) is 6.85. The minimum Gasteiger partial charge on any atom is -0.444 e. The van der Waals surface area contributed by atoms with E-state index in [2.05, 4.69) is 42.7 Å². The van der Waals surface area contributed by atoms with Crippen LogP contribution in [0.25, 0.3) is 0 Å². The maximum absolute atomic E-state index is 13.8. The van der Waals surface area contributed by atoms with Crippen LogP contribution in [0.15, 0.2) is 53.5 Å². The van der Waals surface area contributed by atoms with E-state index < -0.39 is 11.9 Å². The summed E-state index contributed by atoms with van der Waals surface area (Å²) in [5.74, 6) is 0.682. The van der Waals surface area contributed by atoms with E-state index in [4.69, 9.17) is 14.2 Å². The highest BCUT2D eigenvalue weighted by molar-refractivity contribution is 5.77. The molecule has 0 radical (unpaired) electrons. The van der Waals surface area contributed by atoms with E-state index in [1.807, 2.05) is 39.0 Å². The van der Waals surface area contributed by atoms with E-state index in [1.54, 1.807) is 11.0 Å². The molecule has 0 saturated carbocycles. The smallest absolute Gasteiger partial charge is 0.444 e. The van der Waals surface area contributed by atoms with Crippen molar-refractivity contribution in [1.29, 1.82) is 0 Å². The third-order valence-electron chi connectivity index (χ3n) is 9.00. The number of piperazine rings is 1. The van der Waals surface area contributed by atoms with E-state index in [9.17, 15) is 18.4 Å². The second kappa shape index (κ2) is 12.3. The summed E-state index contributed by atoms with van der Waals surface area (Å²) in [5, 5.41) is 0. The van der Waals surface area contributed by atoms with Crippen molar-refractivity contribution in [3.63, 3.8) is 0 Å². The molecule has 44 heavy (non-hydrogen) atoms. The number of carbonyl (C=O) groups is 2. The van der Waals surface area contributed by atoms with Gasteiger partial charge in [0, 0.05) is 51.6 Å². The maximum atomic E-state index is 13.8. The van der Waals surface area contributed by atoms with Crippen LogP contribution >= 0.6 is 0 Å². The zero-order valence-electron chi connectivity index (χ0n) is 26.9. The van der Waals surface area contributed by atoms with Gasteiger partial charge in [-0.15, -0.1) is 8.78 Å². The highest BCUT2D eigenvalue weighted by atomic mass is 19.3. The van der Waals surface area contributed by atoms with Crippen LogP contribution in [0.2, 0.25) is 0 Å². The normalized spacial score (nSPS) is 23.8. The molecule has 2 saturated heterocycles. The number of carbonyl (C=O) groups excluding carboxylic acids is 2. The molecule has 10 heteroatoms. The van der Waals surface area contributed by atoms with E-state index in [0.29, 0.717) is 52.0 Å². The SMILES string of the molecule is CC(C)(C)OC(=O)N1CCC(CC(=O)N2CCN(C(C3=CC4=C(CC3)OC(F)(F)O4)c3ccccc3)CC2C(C)(C)C)CC1. The van der Waals surface area contributed by atoms with Crippen molar-refractivity contribution in [1.82, 2.24) is 14.7 Å². The lowest BCUT2D eigenvalue weighted by Crippen LogP contribution is -2.60. The van der Waals surface area contributed by atoms with Crippen molar-refractivity contribution in [2.24, 2.45) is 11.3 Å². The Bertz CT molecular complexity index is 1280.